The van der Waals surface area contributed by atoms with Crippen molar-refractivity contribution >= 4 is 43.5 Å². The van der Waals surface area contributed by atoms with E-state index in [1.54, 1.807) is 4.57 Å². The summed E-state index contributed by atoms with van der Waals surface area (Å²) in [7, 11) is -2.31. The Morgan fingerprint density at radius 1 is 1.14 bits per heavy atom. The predicted octanol–water partition coefficient (Wildman–Crippen LogP) is 3.74. The molecule has 1 aliphatic heterocycles. The molecule has 1 unspecified atom stereocenters. The molecule has 4 rings (SSSR count). The van der Waals surface area contributed by atoms with E-state index in [1.165, 1.54) is 47.0 Å². The van der Waals surface area contributed by atoms with Gasteiger partial charge in [-0.15, -0.1) is 0 Å². The van der Waals surface area contributed by atoms with Crippen molar-refractivity contribution in [2.24, 2.45) is 4.99 Å². The molecule has 1 aliphatic rings. The number of thiazole rings is 1. The number of hydrogen-bond acceptors (Lipinski definition) is 6. The number of sulfonamides is 1. The highest BCUT2D eigenvalue weighted by Gasteiger charge is 2.31. The van der Waals surface area contributed by atoms with Crippen LogP contribution < -0.4 is 4.80 Å². The number of hydrogen-bond donors (Lipinski definition) is 0. The quantitative estimate of drug-likeness (QED) is 0.466. The number of fused-ring (bicyclic) bond motifs is 1. The Bertz CT molecular complexity index is 1420. The molecule has 8 nitrogen and oxygen atoms in total. The van der Waals surface area contributed by atoms with E-state index in [2.05, 4.69) is 11.9 Å². The average molecular weight is 516 g/mol. The molecule has 0 radical (unpaired) electrons. The van der Waals surface area contributed by atoms with Gasteiger partial charge in [-0.3, -0.25) is 9.59 Å². The van der Waals surface area contributed by atoms with E-state index in [4.69, 9.17) is 4.74 Å². The van der Waals surface area contributed by atoms with Gasteiger partial charge in [0.2, 0.25) is 10.0 Å². The predicted molar refractivity (Wildman–Crippen MR) is 135 cm³/mol. The number of nitrogens with zero attached hydrogens (tertiary/aromatic N) is 3. The lowest BCUT2D eigenvalue weighted by molar-refractivity contribution is -0.141. The number of carbonyl (C=O) groups excluding carboxylic acids is 2. The highest BCUT2D eigenvalue weighted by atomic mass is 32.2. The van der Waals surface area contributed by atoms with Crippen molar-refractivity contribution in [1.29, 1.82) is 0 Å². The summed E-state index contributed by atoms with van der Waals surface area (Å²) in [4.78, 5) is 29.8. The molecular formula is C25H29N3O5S2. The summed E-state index contributed by atoms with van der Waals surface area (Å²) >= 11 is 1.32. The Morgan fingerprint density at radius 3 is 2.54 bits per heavy atom. The lowest BCUT2D eigenvalue weighted by Gasteiger charge is -2.32. The molecule has 0 saturated carbocycles. The number of benzene rings is 2. The van der Waals surface area contributed by atoms with Gasteiger partial charge < -0.3 is 9.30 Å². The Balaban J connectivity index is 1.67. The summed E-state index contributed by atoms with van der Waals surface area (Å²) in [6, 6.07) is 11.8. The normalized spacial score (nSPS) is 17.6. The van der Waals surface area contributed by atoms with Gasteiger partial charge in [-0.25, -0.2) is 8.42 Å². The molecule has 1 atom stereocenters. The van der Waals surface area contributed by atoms with Crippen molar-refractivity contribution in [2.75, 3.05) is 13.7 Å². The second kappa shape index (κ2) is 10.4. The van der Waals surface area contributed by atoms with Gasteiger partial charge in [0.05, 0.1) is 22.2 Å². The standard InChI is InChI=1S/C25H29N3O5S2/c1-4-18-8-13-21-22(15-18)34-25(27(21)16-23(29)33-3)26-24(30)19-9-11-20(12-10-19)35(31,32)28-14-6-5-7-17(28)2/h8-13,15,17H,4-7,14,16H2,1-3H3. The van der Waals surface area contributed by atoms with E-state index in [-0.39, 0.29) is 23.0 Å². The minimum Gasteiger partial charge on any atom is -0.468 e. The zero-order valence-electron chi connectivity index (χ0n) is 20.1. The lowest BCUT2D eigenvalue weighted by Crippen LogP contribution is -2.41. The fourth-order valence-corrected chi connectivity index (χ4v) is 7.05. The number of rotatable bonds is 6. The first kappa shape index (κ1) is 25.3. The molecule has 186 valence electrons. The van der Waals surface area contributed by atoms with Crippen LogP contribution >= 0.6 is 11.3 Å². The van der Waals surface area contributed by atoms with Crippen LogP contribution in [0.3, 0.4) is 0 Å². The van der Waals surface area contributed by atoms with E-state index < -0.39 is 21.9 Å². The minimum atomic E-state index is -3.62. The van der Waals surface area contributed by atoms with Crippen LogP contribution in [-0.2, 0) is 32.5 Å². The van der Waals surface area contributed by atoms with Gasteiger partial charge in [0.25, 0.3) is 5.91 Å². The van der Waals surface area contributed by atoms with Crippen molar-refractivity contribution in [3.05, 3.63) is 58.4 Å². The van der Waals surface area contributed by atoms with Crippen LogP contribution in [0.2, 0.25) is 0 Å². The number of methoxy groups -OCH3 is 1. The third kappa shape index (κ3) is 5.24. The zero-order valence-corrected chi connectivity index (χ0v) is 21.7. The van der Waals surface area contributed by atoms with Crippen LogP contribution in [-0.4, -0.2) is 48.9 Å². The molecule has 35 heavy (non-hydrogen) atoms. The SMILES string of the molecule is CCc1ccc2c(c1)sc(=NC(=O)c1ccc(S(=O)(=O)N3CCCCC3C)cc1)n2CC(=O)OC. The molecule has 2 heterocycles. The van der Waals surface area contributed by atoms with Gasteiger partial charge in [0.15, 0.2) is 4.80 Å². The Labute approximate surface area is 208 Å². The largest absolute Gasteiger partial charge is 0.468 e. The molecule has 1 amide bonds. The van der Waals surface area contributed by atoms with Crippen LogP contribution in [0.15, 0.2) is 52.4 Å². The number of esters is 1. The molecule has 3 aromatic rings. The molecule has 0 aliphatic carbocycles. The summed E-state index contributed by atoms with van der Waals surface area (Å²) in [5.74, 6) is -0.958. The summed E-state index contributed by atoms with van der Waals surface area (Å²) < 4.78 is 35.1. The molecular weight excluding hydrogens is 486 g/mol. The fourth-order valence-electron chi connectivity index (χ4n) is 4.25. The molecule has 0 N–H and O–H groups in total. The fraction of sp³-hybridized carbons (Fsp3) is 0.400. The van der Waals surface area contributed by atoms with Crippen LogP contribution in [0.4, 0.5) is 0 Å². The van der Waals surface area contributed by atoms with E-state index in [0.717, 1.165) is 41.5 Å². The van der Waals surface area contributed by atoms with Crippen molar-refractivity contribution in [1.82, 2.24) is 8.87 Å². The Hall–Kier alpha value is -2.82. The van der Waals surface area contributed by atoms with Crippen molar-refractivity contribution in [3.63, 3.8) is 0 Å². The second-order valence-corrected chi connectivity index (χ2v) is 11.5. The van der Waals surface area contributed by atoms with Crippen LogP contribution in [0.1, 0.15) is 49.0 Å². The highest BCUT2D eigenvalue weighted by molar-refractivity contribution is 7.89. The van der Waals surface area contributed by atoms with Gasteiger partial charge in [-0.1, -0.05) is 30.7 Å². The number of ether oxygens (including phenoxy) is 1. The molecule has 1 saturated heterocycles. The average Bonchev–Trinajstić information content (AvgIpc) is 3.19. The van der Waals surface area contributed by atoms with Crippen molar-refractivity contribution in [3.8, 4) is 0 Å². The van der Waals surface area contributed by atoms with E-state index in [1.807, 2.05) is 25.1 Å². The van der Waals surface area contributed by atoms with Crippen molar-refractivity contribution < 1.29 is 22.7 Å². The maximum Gasteiger partial charge on any atom is 0.325 e. The van der Waals surface area contributed by atoms with E-state index >= 15 is 0 Å². The first-order valence-corrected chi connectivity index (χ1v) is 13.9. The van der Waals surface area contributed by atoms with Gasteiger partial charge in [-0.05, 0) is 68.1 Å². The van der Waals surface area contributed by atoms with E-state index in [9.17, 15) is 18.0 Å². The highest BCUT2D eigenvalue weighted by Crippen LogP contribution is 2.25. The van der Waals surface area contributed by atoms with Gasteiger partial charge in [0, 0.05) is 18.2 Å². The Morgan fingerprint density at radius 2 is 1.89 bits per heavy atom. The molecule has 2 aromatic carbocycles. The van der Waals surface area contributed by atoms with Gasteiger partial charge in [-0.2, -0.15) is 9.30 Å². The third-order valence-electron chi connectivity index (χ3n) is 6.32. The smallest absolute Gasteiger partial charge is 0.325 e. The number of aryl methyl sites for hydroxylation is 1. The summed E-state index contributed by atoms with van der Waals surface area (Å²) in [6.07, 6.45) is 3.58. The van der Waals surface area contributed by atoms with Crippen molar-refractivity contribution in [2.45, 2.75) is 57.0 Å². The summed E-state index contributed by atoms with van der Waals surface area (Å²) in [5.41, 5.74) is 2.20. The Kier molecular flexibility index (Phi) is 7.53. The molecule has 1 aromatic heterocycles. The topological polar surface area (TPSA) is 98.0 Å². The maximum atomic E-state index is 13.1. The van der Waals surface area contributed by atoms with Crippen LogP contribution in [0.25, 0.3) is 10.2 Å². The molecule has 1 fully saturated rings. The van der Waals surface area contributed by atoms with Gasteiger partial charge >= 0.3 is 5.97 Å². The van der Waals surface area contributed by atoms with E-state index in [0.29, 0.717) is 11.3 Å². The number of aromatic nitrogens is 1. The molecule has 0 bridgehead atoms. The minimum absolute atomic E-state index is 0.0449. The summed E-state index contributed by atoms with van der Waals surface area (Å²) in [5, 5.41) is 0. The molecule has 10 heteroatoms. The first-order valence-electron chi connectivity index (χ1n) is 11.6. The second-order valence-electron chi connectivity index (χ2n) is 8.60. The maximum absolute atomic E-state index is 13.1. The number of carbonyl (C=O) groups is 2. The third-order valence-corrected chi connectivity index (χ3v) is 9.39. The van der Waals surface area contributed by atoms with Crippen LogP contribution in [0.5, 0.6) is 0 Å². The van der Waals surface area contributed by atoms with Gasteiger partial charge in [0.1, 0.15) is 6.54 Å². The summed E-state index contributed by atoms with van der Waals surface area (Å²) in [6.45, 7) is 4.41. The van der Waals surface area contributed by atoms with Crippen LogP contribution in [0, 0.1) is 0 Å². The lowest BCUT2D eigenvalue weighted by atomic mass is 10.1. The zero-order chi connectivity index (χ0) is 25.2. The monoisotopic (exact) mass is 515 g/mol. The first-order chi connectivity index (χ1) is 16.7. The number of piperidine rings is 1. The number of amides is 1. The molecule has 0 spiro atoms.